The van der Waals surface area contributed by atoms with Crippen LogP contribution in [0.25, 0.3) is 0 Å². The quantitative estimate of drug-likeness (QED) is 0.624. The lowest BCUT2D eigenvalue weighted by atomic mass is 9.69. The molecule has 1 aliphatic heterocycles. The van der Waals surface area contributed by atoms with E-state index in [1.165, 1.54) is 0 Å². The number of nitrogens with one attached hydrogen (secondary N) is 1. The van der Waals surface area contributed by atoms with Crippen LogP contribution < -0.4 is 10.1 Å². The summed E-state index contributed by atoms with van der Waals surface area (Å²) in [5, 5.41) is 22.3. The van der Waals surface area contributed by atoms with Gasteiger partial charge in [-0.1, -0.05) is 11.6 Å². The van der Waals surface area contributed by atoms with E-state index in [1.807, 2.05) is 0 Å². The molecule has 4 aliphatic carbocycles. The van der Waals surface area contributed by atoms with Crippen molar-refractivity contribution < 1.29 is 37.0 Å². The van der Waals surface area contributed by atoms with Crippen molar-refractivity contribution in [3.8, 4) is 5.75 Å². The smallest absolute Gasteiger partial charge is 0.480 e. The zero-order valence-electron chi connectivity index (χ0n) is 18.4. The van der Waals surface area contributed by atoms with Crippen LogP contribution in [-0.2, 0) is 14.9 Å². The molecule has 0 saturated heterocycles. The monoisotopic (exact) mass is 513 g/mol. The number of hydrogen-bond donors (Lipinski definition) is 2. The summed E-state index contributed by atoms with van der Waals surface area (Å²) >= 11 is 5.99. The predicted molar refractivity (Wildman–Crippen MR) is 114 cm³/mol. The first kappa shape index (κ1) is 23.1. The zero-order valence-corrected chi connectivity index (χ0v) is 19.2. The molecule has 12 heteroatoms. The SMILES string of the molecule is O=C(NC1CC2(c3nnc(C4CC(OC(F)(F)F)C4)o3)CC1C2)[C@H]1C[C@@H](O)c2cc(Cl)ccc2O1. The molecular weight excluding hydrogens is 491 g/mol. The van der Waals surface area contributed by atoms with Crippen LogP contribution >= 0.6 is 11.6 Å². The van der Waals surface area contributed by atoms with Gasteiger partial charge in [-0.05, 0) is 56.2 Å². The standard InChI is InChI=1S/C23H23ClF3N3O5/c24-12-1-2-17-14(5-12)16(31)6-18(33-17)19(32)28-15-9-22(7-11(15)8-22)21-30-29-20(34-21)10-3-13(4-10)35-23(25,26)27/h1-2,5,10-11,13,15-16,18,31H,3-4,6-9H2,(H,28,32)/t10?,11?,13?,15?,16-,18-,22?/m1/s1. The van der Waals surface area contributed by atoms with Crippen LogP contribution in [0.4, 0.5) is 13.2 Å². The molecule has 7 rings (SSSR count). The second kappa shape index (κ2) is 8.07. The van der Waals surface area contributed by atoms with Crippen molar-refractivity contribution in [1.82, 2.24) is 15.5 Å². The second-order valence-electron chi connectivity index (χ2n) is 10.1. The lowest BCUT2D eigenvalue weighted by molar-refractivity contribution is -0.352. The molecule has 2 N–H and O–H groups in total. The van der Waals surface area contributed by atoms with E-state index in [0.29, 0.717) is 34.5 Å². The molecule has 2 bridgehead atoms. The summed E-state index contributed by atoms with van der Waals surface area (Å²) in [5.41, 5.74) is 0.244. The van der Waals surface area contributed by atoms with E-state index in [1.54, 1.807) is 18.2 Å². The molecule has 0 radical (unpaired) electrons. The molecule has 4 saturated carbocycles. The Bertz CT molecular complexity index is 1150. The average Bonchev–Trinajstić information content (AvgIpc) is 3.43. The van der Waals surface area contributed by atoms with Crippen LogP contribution in [-0.4, -0.2) is 45.8 Å². The average molecular weight is 514 g/mol. The Kier molecular flexibility index (Phi) is 5.32. The first-order valence-electron chi connectivity index (χ1n) is 11.6. The summed E-state index contributed by atoms with van der Waals surface area (Å²) in [4.78, 5) is 12.9. The number of hydrogen-bond acceptors (Lipinski definition) is 7. The number of amides is 1. The summed E-state index contributed by atoms with van der Waals surface area (Å²) < 4.78 is 52.7. The lowest BCUT2D eigenvalue weighted by Crippen LogP contribution is -2.46. The fraction of sp³-hybridized carbons (Fsp3) is 0.609. The van der Waals surface area contributed by atoms with Gasteiger partial charge in [0.05, 0.1) is 17.6 Å². The van der Waals surface area contributed by atoms with E-state index in [0.717, 1.165) is 12.8 Å². The first-order chi connectivity index (χ1) is 16.6. The zero-order chi connectivity index (χ0) is 24.5. The minimum Gasteiger partial charge on any atom is -0.480 e. The third kappa shape index (κ3) is 4.17. The van der Waals surface area contributed by atoms with E-state index in [9.17, 15) is 23.1 Å². The van der Waals surface area contributed by atoms with Crippen molar-refractivity contribution in [3.05, 3.63) is 40.6 Å². The fourth-order valence-electron chi connectivity index (χ4n) is 5.93. The minimum absolute atomic E-state index is 0.0847. The number of aliphatic hydroxyl groups is 1. The third-order valence-electron chi connectivity index (χ3n) is 7.78. The molecule has 2 aromatic rings. The fourth-order valence-corrected chi connectivity index (χ4v) is 6.11. The molecular formula is C23H23ClF3N3O5. The van der Waals surface area contributed by atoms with Gasteiger partial charge in [0.1, 0.15) is 5.75 Å². The molecule has 8 nitrogen and oxygen atoms in total. The van der Waals surface area contributed by atoms with Crippen molar-refractivity contribution in [1.29, 1.82) is 0 Å². The Morgan fingerprint density at radius 2 is 1.97 bits per heavy atom. The van der Waals surface area contributed by atoms with Crippen LogP contribution in [0.15, 0.2) is 22.6 Å². The van der Waals surface area contributed by atoms with Gasteiger partial charge in [-0.2, -0.15) is 0 Å². The summed E-state index contributed by atoms with van der Waals surface area (Å²) in [6.45, 7) is 0. The normalized spacial score (nSPS) is 35.5. The highest BCUT2D eigenvalue weighted by molar-refractivity contribution is 6.30. The largest absolute Gasteiger partial charge is 0.522 e. The van der Waals surface area contributed by atoms with Gasteiger partial charge >= 0.3 is 6.36 Å². The van der Waals surface area contributed by atoms with E-state index < -0.39 is 24.7 Å². The van der Waals surface area contributed by atoms with Crippen molar-refractivity contribution in [2.75, 3.05) is 0 Å². The molecule has 35 heavy (non-hydrogen) atoms. The molecule has 0 spiro atoms. The first-order valence-corrected chi connectivity index (χ1v) is 12.0. The Morgan fingerprint density at radius 3 is 2.71 bits per heavy atom. The van der Waals surface area contributed by atoms with E-state index in [2.05, 4.69) is 20.3 Å². The number of aromatic nitrogens is 2. The Labute approximate surface area is 203 Å². The number of rotatable bonds is 5. The second-order valence-corrected chi connectivity index (χ2v) is 10.5. The molecule has 5 aliphatic rings. The summed E-state index contributed by atoms with van der Waals surface area (Å²) in [6, 6.07) is 4.85. The number of carbonyl (C=O) groups is 1. The number of aliphatic hydroxyl groups excluding tert-OH is 1. The number of fused-ring (bicyclic) bond motifs is 2. The van der Waals surface area contributed by atoms with Crippen molar-refractivity contribution in [3.63, 3.8) is 0 Å². The molecule has 1 amide bonds. The highest BCUT2D eigenvalue weighted by Gasteiger charge is 2.60. The van der Waals surface area contributed by atoms with E-state index in [4.69, 9.17) is 20.8 Å². The number of benzene rings is 1. The Hall–Kier alpha value is -2.37. The molecule has 4 fully saturated rings. The van der Waals surface area contributed by atoms with E-state index in [-0.39, 0.29) is 48.5 Å². The van der Waals surface area contributed by atoms with Crippen molar-refractivity contribution in [2.24, 2.45) is 5.92 Å². The Morgan fingerprint density at radius 1 is 1.20 bits per heavy atom. The van der Waals surface area contributed by atoms with Crippen LogP contribution in [0.3, 0.4) is 0 Å². The van der Waals surface area contributed by atoms with Crippen LogP contribution in [0, 0.1) is 5.92 Å². The predicted octanol–water partition coefficient (Wildman–Crippen LogP) is 3.93. The highest BCUT2D eigenvalue weighted by atomic mass is 35.5. The van der Waals surface area contributed by atoms with Crippen LogP contribution in [0.1, 0.15) is 67.9 Å². The molecule has 1 aromatic carbocycles. The van der Waals surface area contributed by atoms with Gasteiger partial charge in [-0.15, -0.1) is 23.4 Å². The van der Waals surface area contributed by atoms with Crippen LogP contribution in [0.2, 0.25) is 5.02 Å². The summed E-state index contributed by atoms with van der Waals surface area (Å²) in [5.74, 6) is 1.01. The maximum absolute atomic E-state index is 12.9. The summed E-state index contributed by atoms with van der Waals surface area (Å²) in [7, 11) is 0. The number of ether oxygens (including phenoxy) is 2. The number of halogens is 4. The number of alkyl halides is 3. The topological polar surface area (TPSA) is 107 Å². The third-order valence-corrected chi connectivity index (χ3v) is 8.02. The van der Waals surface area contributed by atoms with E-state index >= 15 is 0 Å². The van der Waals surface area contributed by atoms with Gasteiger partial charge < -0.3 is 19.6 Å². The molecule has 188 valence electrons. The Balaban J connectivity index is 1.05. The lowest BCUT2D eigenvalue weighted by Gasteiger charge is -2.35. The number of carbonyl (C=O) groups excluding carboxylic acids is 1. The highest BCUT2D eigenvalue weighted by Crippen LogP contribution is 2.59. The minimum atomic E-state index is -4.64. The van der Waals surface area contributed by atoms with Gasteiger partial charge in [0, 0.05) is 29.0 Å². The van der Waals surface area contributed by atoms with Gasteiger partial charge in [0.15, 0.2) is 6.10 Å². The van der Waals surface area contributed by atoms with Gasteiger partial charge in [-0.3, -0.25) is 9.53 Å². The maximum atomic E-state index is 12.9. The van der Waals surface area contributed by atoms with Crippen molar-refractivity contribution in [2.45, 2.75) is 80.6 Å². The molecule has 3 atom stereocenters. The van der Waals surface area contributed by atoms with Crippen molar-refractivity contribution >= 4 is 17.5 Å². The molecule has 1 aromatic heterocycles. The maximum Gasteiger partial charge on any atom is 0.522 e. The van der Waals surface area contributed by atoms with Gasteiger partial charge in [-0.25, -0.2) is 0 Å². The molecule has 1 unspecified atom stereocenters. The summed E-state index contributed by atoms with van der Waals surface area (Å²) in [6.07, 6.45) is -4.44. The van der Waals surface area contributed by atoms with Gasteiger partial charge in [0.2, 0.25) is 11.8 Å². The number of nitrogens with zero attached hydrogens (tertiary/aromatic N) is 2. The van der Waals surface area contributed by atoms with Crippen LogP contribution in [0.5, 0.6) is 5.75 Å². The van der Waals surface area contributed by atoms with Gasteiger partial charge in [0.25, 0.3) is 5.91 Å². The molecule has 2 heterocycles.